The summed E-state index contributed by atoms with van der Waals surface area (Å²) in [4.78, 5) is 25.3. The van der Waals surface area contributed by atoms with E-state index in [4.69, 9.17) is 10.5 Å². The summed E-state index contributed by atoms with van der Waals surface area (Å²) in [7, 11) is 1.47. The second-order valence-corrected chi connectivity index (χ2v) is 7.70. The number of hydrogen-bond acceptors (Lipinski definition) is 4. The fourth-order valence-electron chi connectivity index (χ4n) is 3.84. The Kier molecular flexibility index (Phi) is 8.26. The van der Waals surface area contributed by atoms with Crippen molar-refractivity contribution in [2.24, 2.45) is 5.73 Å². The van der Waals surface area contributed by atoms with E-state index < -0.39 is 18.1 Å². The second-order valence-electron chi connectivity index (χ2n) is 7.70. The number of fused-ring (bicyclic) bond motifs is 3. The molecule has 2 unspecified atom stereocenters. The molecule has 0 aromatic heterocycles. The van der Waals surface area contributed by atoms with Crippen LogP contribution in [0.15, 0.2) is 42.5 Å². The van der Waals surface area contributed by atoms with Crippen LogP contribution in [0.4, 0.5) is 4.79 Å². The maximum atomic E-state index is 12.5. The lowest BCUT2D eigenvalue weighted by molar-refractivity contribution is -0.142. The van der Waals surface area contributed by atoms with Gasteiger partial charge in [0.25, 0.3) is 0 Å². The van der Waals surface area contributed by atoms with Gasteiger partial charge in [0.15, 0.2) is 0 Å². The number of hydrogen-bond donors (Lipinski definition) is 2. The molecular formula is C23H29ClN2O4. The van der Waals surface area contributed by atoms with Crippen LogP contribution in [0.2, 0.25) is 0 Å². The van der Waals surface area contributed by atoms with E-state index in [0.29, 0.717) is 19.3 Å². The van der Waals surface area contributed by atoms with Gasteiger partial charge in [-0.25, -0.2) is 9.59 Å². The summed E-state index contributed by atoms with van der Waals surface area (Å²) < 4.78 is 5.47. The topological polar surface area (TPSA) is 92.9 Å². The minimum atomic E-state index is -1.04. The van der Waals surface area contributed by atoms with E-state index in [9.17, 15) is 14.7 Å². The van der Waals surface area contributed by atoms with Crippen molar-refractivity contribution in [3.05, 3.63) is 59.2 Å². The normalized spacial score (nSPS) is 13.4. The average Bonchev–Trinajstić information content (AvgIpc) is 3.07. The number of benzene rings is 2. The Labute approximate surface area is 183 Å². The summed E-state index contributed by atoms with van der Waals surface area (Å²) in [5.41, 5.74) is 11.5. The van der Waals surface area contributed by atoms with Crippen LogP contribution in [-0.4, -0.2) is 41.2 Å². The van der Waals surface area contributed by atoms with Crippen LogP contribution in [0.3, 0.4) is 0 Å². The minimum Gasteiger partial charge on any atom is -0.480 e. The van der Waals surface area contributed by atoms with Gasteiger partial charge in [0, 0.05) is 13.1 Å². The second kappa shape index (κ2) is 10.5. The Morgan fingerprint density at radius 1 is 1.13 bits per heavy atom. The Bertz CT molecular complexity index is 901. The molecule has 2 atom stereocenters. The highest BCUT2D eigenvalue weighted by molar-refractivity contribution is 5.85. The summed E-state index contributed by atoms with van der Waals surface area (Å²) in [5, 5.41) is 9.49. The van der Waals surface area contributed by atoms with Gasteiger partial charge in [0.1, 0.15) is 12.6 Å². The van der Waals surface area contributed by atoms with Gasteiger partial charge in [0.2, 0.25) is 0 Å². The third kappa shape index (κ3) is 5.32. The molecule has 2 aromatic carbocycles. The number of amides is 1. The van der Waals surface area contributed by atoms with E-state index in [-0.39, 0.29) is 25.1 Å². The minimum absolute atomic E-state index is 0. The zero-order valence-corrected chi connectivity index (χ0v) is 18.2. The van der Waals surface area contributed by atoms with Gasteiger partial charge in [-0.15, -0.1) is 12.4 Å². The molecule has 0 radical (unpaired) electrons. The zero-order valence-electron chi connectivity index (χ0n) is 17.3. The summed E-state index contributed by atoms with van der Waals surface area (Å²) in [6.45, 7) is 2.00. The number of carboxylic acids is 1. The summed E-state index contributed by atoms with van der Waals surface area (Å²) in [5.74, 6) is -1.04. The lowest BCUT2D eigenvalue weighted by Crippen LogP contribution is -2.42. The van der Waals surface area contributed by atoms with Crippen LogP contribution >= 0.6 is 12.4 Å². The molecule has 1 aliphatic rings. The Morgan fingerprint density at radius 2 is 1.83 bits per heavy atom. The number of rotatable bonds is 8. The molecule has 3 rings (SSSR count). The molecule has 0 fully saturated rings. The van der Waals surface area contributed by atoms with Crippen molar-refractivity contribution in [3.8, 4) is 11.1 Å². The van der Waals surface area contributed by atoms with Crippen LogP contribution in [0, 0.1) is 0 Å². The summed E-state index contributed by atoms with van der Waals surface area (Å²) in [6, 6.07) is 13.3. The maximum Gasteiger partial charge on any atom is 0.410 e. The number of aliphatic carboxylic acids is 1. The van der Waals surface area contributed by atoms with Crippen LogP contribution in [-0.2, 0) is 22.6 Å². The number of ether oxygens (including phenoxy) is 1. The first kappa shape index (κ1) is 23.7. The lowest BCUT2D eigenvalue weighted by Gasteiger charge is -2.24. The summed E-state index contributed by atoms with van der Waals surface area (Å²) >= 11 is 0. The van der Waals surface area contributed by atoms with Gasteiger partial charge >= 0.3 is 12.1 Å². The first-order valence-corrected chi connectivity index (χ1v) is 9.95. The van der Waals surface area contributed by atoms with Gasteiger partial charge in [-0.05, 0) is 60.4 Å². The monoisotopic (exact) mass is 432 g/mol. The number of nitrogens with zero attached hydrogens (tertiary/aromatic N) is 1. The van der Waals surface area contributed by atoms with Crippen molar-refractivity contribution in [2.75, 3.05) is 7.05 Å². The van der Waals surface area contributed by atoms with E-state index in [1.54, 1.807) is 0 Å². The summed E-state index contributed by atoms with van der Waals surface area (Å²) in [6.07, 6.45) is 1.87. The third-order valence-corrected chi connectivity index (χ3v) is 5.48. The molecule has 0 saturated heterocycles. The van der Waals surface area contributed by atoms with E-state index in [1.807, 2.05) is 31.2 Å². The highest BCUT2D eigenvalue weighted by Gasteiger charge is 2.28. The molecular weight excluding hydrogens is 404 g/mol. The van der Waals surface area contributed by atoms with Crippen LogP contribution in [0.1, 0.15) is 42.9 Å². The molecule has 0 bridgehead atoms. The third-order valence-electron chi connectivity index (χ3n) is 5.48. The smallest absolute Gasteiger partial charge is 0.410 e. The van der Waals surface area contributed by atoms with E-state index in [1.165, 1.54) is 28.6 Å². The molecule has 0 aliphatic heterocycles. The molecule has 2 aromatic rings. The first-order valence-electron chi connectivity index (χ1n) is 9.95. The Hall–Kier alpha value is -2.57. The number of carbonyl (C=O) groups excluding carboxylic acids is 1. The van der Waals surface area contributed by atoms with Crippen molar-refractivity contribution < 1.29 is 19.4 Å². The molecule has 0 spiro atoms. The van der Waals surface area contributed by atoms with Gasteiger partial charge in [-0.3, -0.25) is 4.90 Å². The van der Waals surface area contributed by atoms with Gasteiger partial charge in [-0.2, -0.15) is 0 Å². The fraction of sp³-hybridized carbons (Fsp3) is 0.391. The quantitative estimate of drug-likeness (QED) is 0.556. The molecule has 7 heteroatoms. The van der Waals surface area contributed by atoms with Crippen molar-refractivity contribution in [1.82, 2.24) is 4.90 Å². The fourth-order valence-corrected chi connectivity index (χ4v) is 3.84. The van der Waals surface area contributed by atoms with Crippen LogP contribution in [0.5, 0.6) is 0 Å². The van der Waals surface area contributed by atoms with Gasteiger partial charge in [0.05, 0.1) is 0 Å². The molecule has 162 valence electrons. The van der Waals surface area contributed by atoms with Crippen molar-refractivity contribution in [2.45, 2.75) is 51.3 Å². The van der Waals surface area contributed by atoms with E-state index in [0.717, 1.165) is 17.5 Å². The predicted molar refractivity (Wildman–Crippen MR) is 119 cm³/mol. The molecule has 1 aliphatic carbocycles. The molecule has 0 heterocycles. The average molecular weight is 433 g/mol. The highest BCUT2D eigenvalue weighted by Crippen LogP contribution is 2.38. The standard InChI is InChI=1S/C23H28N2O4.ClH/c1-15(24)7-5-12-21(22(26)27)25(2)23(28)29-14-17-9-6-11-19-18-10-4-3-8-16(18)13-20(17)19;/h3-4,6,8-11,15,21H,5,7,12-14,24H2,1-2H3,(H,26,27);1H. The van der Waals surface area contributed by atoms with Crippen molar-refractivity contribution in [3.63, 3.8) is 0 Å². The van der Waals surface area contributed by atoms with Gasteiger partial charge in [-0.1, -0.05) is 42.5 Å². The van der Waals surface area contributed by atoms with Crippen LogP contribution < -0.4 is 5.73 Å². The largest absolute Gasteiger partial charge is 0.480 e. The van der Waals surface area contributed by atoms with Crippen molar-refractivity contribution in [1.29, 1.82) is 0 Å². The SMILES string of the molecule is CC(N)CCCC(C(=O)O)N(C)C(=O)OCc1cccc2c1Cc1ccccc1-2.Cl. The lowest BCUT2D eigenvalue weighted by atomic mass is 10.0. The number of likely N-dealkylation sites (N-methyl/N-ethyl adjacent to an activating group) is 1. The van der Waals surface area contributed by atoms with Crippen LogP contribution in [0.25, 0.3) is 11.1 Å². The number of carbonyl (C=O) groups is 2. The first-order chi connectivity index (χ1) is 13.9. The van der Waals surface area contributed by atoms with E-state index >= 15 is 0 Å². The molecule has 3 N–H and O–H groups in total. The highest BCUT2D eigenvalue weighted by atomic mass is 35.5. The predicted octanol–water partition coefficient (Wildman–Crippen LogP) is 4.22. The van der Waals surface area contributed by atoms with Gasteiger partial charge < -0.3 is 15.6 Å². The Balaban J connectivity index is 0.00000320. The Morgan fingerprint density at radius 3 is 2.53 bits per heavy atom. The number of carboxylic acid groups (broad SMARTS) is 1. The maximum absolute atomic E-state index is 12.5. The number of nitrogens with two attached hydrogens (primary N) is 1. The molecule has 1 amide bonds. The van der Waals surface area contributed by atoms with E-state index in [2.05, 4.69) is 18.2 Å². The number of halogens is 1. The molecule has 0 saturated carbocycles. The van der Waals surface area contributed by atoms with Crippen molar-refractivity contribution >= 4 is 24.5 Å². The molecule has 30 heavy (non-hydrogen) atoms. The zero-order chi connectivity index (χ0) is 21.0. The molecule has 6 nitrogen and oxygen atoms in total.